The molecule has 2 aromatic rings. The number of benzene rings is 2. The van der Waals surface area contributed by atoms with Gasteiger partial charge in [-0.1, -0.05) is 49.4 Å². The highest BCUT2D eigenvalue weighted by Gasteiger charge is 2.20. The minimum Gasteiger partial charge on any atom is -0.481 e. The molecule has 2 atom stereocenters. The van der Waals surface area contributed by atoms with Gasteiger partial charge in [0.1, 0.15) is 5.75 Å². The third-order valence-electron chi connectivity index (χ3n) is 4.03. The summed E-state index contributed by atoms with van der Waals surface area (Å²) in [5.74, 6) is 0.702. The average molecular weight is 325 g/mol. The Morgan fingerprint density at radius 2 is 1.88 bits per heavy atom. The third-order valence-corrected chi connectivity index (χ3v) is 4.03. The molecule has 0 saturated carbocycles. The molecule has 0 unspecified atom stereocenters. The van der Waals surface area contributed by atoms with Crippen LogP contribution in [0.3, 0.4) is 0 Å². The number of amides is 1. The van der Waals surface area contributed by atoms with Crippen LogP contribution < -0.4 is 10.1 Å². The van der Waals surface area contributed by atoms with Crippen molar-refractivity contribution in [2.24, 2.45) is 0 Å². The first-order valence-corrected chi connectivity index (χ1v) is 8.66. The second-order valence-corrected chi connectivity index (χ2v) is 6.27. The van der Waals surface area contributed by atoms with Gasteiger partial charge in [-0.2, -0.15) is 0 Å². The third kappa shape index (κ3) is 5.73. The summed E-state index contributed by atoms with van der Waals surface area (Å²) in [5, 5.41) is 3.07. The van der Waals surface area contributed by atoms with E-state index in [1.165, 1.54) is 5.56 Å². The second kappa shape index (κ2) is 9.11. The fourth-order valence-electron chi connectivity index (χ4n) is 2.61. The van der Waals surface area contributed by atoms with E-state index in [0.29, 0.717) is 6.42 Å². The summed E-state index contributed by atoms with van der Waals surface area (Å²) in [6, 6.07) is 18.3. The Balaban J connectivity index is 1.84. The molecule has 1 N–H and O–H groups in total. The zero-order valence-corrected chi connectivity index (χ0v) is 14.8. The van der Waals surface area contributed by atoms with Gasteiger partial charge < -0.3 is 10.1 Å². The van der Waals surface area contributed by atoms with E-state index >= 15 is 0 Å². The Morgan fingerprint density at radius 3 is 2.54 bits per heavy atom. The van der Waals surface area contributed by atoms with Gasteiger partial charge in [-0.3, -0.25) is 4.79 Å². The number of carbonyl (C=O) groups excluding carboxylic acids is 1. The first kappa shape index (κ1) is 18.1. The fraction of sp³-hybridized carbons (Fsp3) is 0.381. The number of ether oxygens (including phenoxy) is 1. The van der Waals surface area contributed by atoms with Crippen LogP contribution >= 0.6 is 0 Å². The Hall–Kier alpha value is -2.29. The maximum Gasteiger partial charge on any atom is 0.261 e. The van der Waals surface area contributed by atoms with E-state index in [1.54, 1.807) is 0 Å². The van der Waals surface area contributed by atoms with Crippen molar-refractivity contribution >= 4 is 5.91 Å². The van der Waals surface area contributed by atoms with Gasteiger partial charge in [0.2, 0.25) is 0 Å². The Morgan fingerprint density at radius 1 is 1.12 bits per heavy atom. The summed E-state index contributed by atoms with van der Waals surface area (Å²) in [4.78, 5) is 12.4. The van der Waals surface area contributed by atoms with E-state index in [0.717, 1.165) is 24.2 Å². The van der Waals surface area contributed by atoms with E-state index in [-0.39, 0.29) is 11.9 Å². The molecule has 3 heteroatoms. The van der Waals surface area contributed by atoms with Crippen molar-refractivity contribution in [2.45, 2.75) is 52.2 Å². The first-order valence-electron chi connectivity index (χ1n) is 8.66. The summed E-state index contributed by atoms with van der Waals surface area (Å²) in [7, 11) is 0. The van der Waals surface area contributed by atoms with Crippen molar-refractivity contribution in [3.8, 4) is 5.75 Å². The minimum atomic E-state index is -0.453. The van der Waals surface area contributed by atoms with Crippen LogP contribution in [0.15, 0.2) is 54.6 Å². The molecule has 0 radical (unpaired) electrons. The quantitative estimate of drug-likeness (QED) is 0.786. The van der Waals surface area contributed by atoms with Gasteiger partial charge in [0.05, 0.1) is 0 Å². The van der Waals surface area contributed by atoms with E-state index in [1.807, 2.05) is 63.2 Å². The lowest BCUT2D eigenvalue weighted by atomic mass is 10.1. The van der Waals surface area contributed by atoms with Crippen LogP contribution in [0.1, 0.15) is 37.8 Å². The molecule has 0 heterocycles. The standard InChI is InChI=1S/C21H27NO2/c1-4-20(24-19-12-8-9-16(2)15-19)21(23)22-17(3)13-14-18-10-6-5-7-11-18/h5-12,15,17,20H,4,13-14H2,1-3H3,(H,22,23)/t17-,20+/m1/s1. The van der Waals surface area contributed by atoms with E-state index in [4.69, 9.17) is 4.74 Å². The zero-order valence-electron chi connectivity index (χ0n) is 14.8. The highest BCUT2D eigenvalue weighted by molar-refractivity contribution is 5.81. The molecule has 128 valence electrons. The molecule has 2 rings (SSSR count). The maximum absolute atomic E-state index is 12.4. The number of hydrogen-bond donors (Lipinski definition) is 1. The van der Waals surface area contributed by atoms with Gasteiger partial charge in [-0.05, 0) is 56.4 Å². The molecule has 0 bridgehead atoms. The van der Waals surface area contributed by atoms with Crippen LogP contribution in [0.25, 0.3) is 0 Å². The molecule has 0 aromatic heterocycles. The van der Waals surface area contributed by atoms with Crippen molar-refractivity contribution in [3.05, 3.63) is 65.7 Å². The van der Waals surface area contributed by atoms with Gasteiger partial charge in [-0.25, -0.2) is 0 Å². The summed E-state index contributed by atoms with van der Waals surface area (Å²) in [6.45, 7) is 6.02. The Labute approximate surface area is 145 Å². The number of nitrogens with one attached hydrogen (secondary N) is 1. The van der Waals surface area contributed by atoms with E-state index in [2.05, 4.69) is 17.4 Å². The summed E-state index contributed by atoms with van der Waals surface area (Å²) < 4.78 is 5.86. The molecular formula is C21H27NO2. The van der Waals surface area contributed by atoms with Gasteiger partial charge in [0, 0.05) is 6.04 Å². The van der Waals surface area contributed by atoms with Crippen molar-refractivity contribution in [2.75, 3.05) is 0 Å². The van der Waals surface area contributed by atoms with Crippen LogP contribution in [-0.4, -0.2) is 18.1 Å². The Bertz CT molecular complexity index is 639. The van der Waals surface area contributed by atoms with E-state index < -0.39 is 6.10 Å². The molecule has 1 amide bonds. The maximum atomic E-state index is 12.4. The van der Waals surface area contributed by atoms with Gasteiger partial charge in [0.25, 0.3) is 5.91 Å². The lowest BCUT2D eigenvalue weighted by Gasteiger charge is -2.20. The van der Waals surface area contributed by atoms with Crippen LogP contribution in [0, 0.1) is 6.92 Å². The normalized spacial score (nSPS) is 13.1. The van der Waals surface area contributed by atoms with Gasteiger partial charge >= 0.3 is 0 Å². The van der Waals surface area contributed by atoms with E-state index in [9.17, 15) is 4.79 Å². The van der Waals surface area contributed by atoms with Crippen LogP contribution in [0.5, 0.6) is 5.75 Å². The van der Waals surface area contributed by atoms with Crippen LogP contribution in [0.4, 0.5) is 0 Å². The van der Waals surface area contributed by atoms with Crippen molar-refractivity contribution < 1.29 is 9.53 Å². The second-order valence-electron chi connectivity index (χ2n) is 6.27. The van der Waals surface area contributed by atoms with Crippen molar-refractivity contribution in [3.63, 3.8) is 0 Å². The highest BCUT2D eigenvalue weighted by atomic mass is 16.5. The molecule has 0 fully saturated rings. The fourth-order valence-corrected chi connectivity index (χ4v) is 2.61. The predicted molar refractivity (Wildman–Crippen MR) is 98.3 cm³/mol. The molecule has 2 aromatic carbocycles. The van der Waals surface area contributed by atoms with Gasteiger partial charge in [0.15, 0.2) is 6.10 Å². The molecule has 0 aliphatic heterocycles. The Kier molecular flexibility index (Phi) is 6.86. The smallest absolute Gasteiger partial charge is 0.261 e. The predicted octanol–water partition coefficient (Wildman–Crippen LogP) is 4.29. The lowest BCUT2D eigenvalue weighted by Crippen LogP contribution is -2.42. The molecule has 0 aliphatic rings. The number of hydrogen-bond acceptors (Lipinski definition) is 2. The summed E-state index contributed by atoms with van der Waals surface area (Å²) >= 11 is 0. The summed E-state index contributed by atoms with van der Waals surface area (Å²) in [5.41, 5.74) is 2.42. The molecule has 24 heavy (non-hydrogen) atoms. The van der Waals surface area contributed by atoms with Crippen molar-refractivity contribution in [1.82, 2.24) is 5.32 Å². The highest BCUT2D eigenvalue weighted by Crippen LogP contribution is 2.15. The molecule has 0 aliphatic carbocycles. The summed E-state index contributed by atoms with van der Waals surface area (Å²) in [6.07, 6.45) is 2.06. The van der Waals surface area contributed by atoms with Crippen LogP contribution in [0.2, 0.25) is 0 Å². The SMILES string of the molecule is CC[C@H](Oc1cccc(C)c1)C(=O)N[C@H](C)CCc1ccccc1. The monoisotopic (exact) mass is 325 g/mol. The number of aryl methyl sites for hydroxylation is 2. The number of rotatable bonds is 8. The molecule has 0 spiro atoms. The topological polar surface area (TPSA) is 38.3 Å². The molecule has 3 nitrogen and oxygen atoms in total. The molecule has 0 saturated heterocycles. The first-order chi connectivity index (χ1) is 11.6. The lowest BCUT2D eigenvalue weighted by molar-refractivity contribution is -0.128. The number of carbonyl (C=O) groups is 1. The minimum absolute atomic E-state index is 0.0421. The zero-order chi connectivity index (χ0) is 17.4. The van der Waals surface area contributed by atoms with Gasteiger partial charge in [-0.15, -0.1) is 0 Å². The van der Waals surface area contributed by atoms with Crippen molar-refractivity contribution in [1.29, 1.82) is 0 Å². The largest absolute Gasteiger partial charge is 0.481 e. The molecular weight excluding hydrogens is 298 g/mol. The average Bonchev–Trinajstić information content (AvgIpc) is 2.58. The van der Waals surface area contributed by atoms with Crippen LogP contribution in [-0.2, 0) is 11.2 Å².